The number of hydrogen-bond acceptors (Lipinski definition) is 2. The Bertz CT molecular complexity index is 1750. The number of aromatic nitrogens is 4. The van der Waals surface area contributed by atoms with Crippen molar-refractivity contribution < 1.29 is 0 Å². The molecule has 3 aromatic carbocycles. The Labute approximate surface area is 230 Å². The van der Waals surface area contributed by atoms with Gasteiger partial charge in [0, 0.05) is 40.5 Å². The number of hydrogen-bond donors (Lipinski definition) is 0. The number of rotatable bonds is 4. The van der Waals surface area contributed by atoms with Gasteiger partial charge in [0.15, 0.2) is 0 Å². The molecule has 6 aromatic rings. The Kier molecular flexibility index (Phi) is 5.76. The monoisotopic (exact) mass is 512 g/mol. The molecular formula is C35H36N4. The smallest absolute Gasteiger partial charge is 0.0666 e. The molecule has 3 heterocycles. The molecule has 39 heavy (non-hydrogen) atoms. The third-order valence-corrected chi connectivity index (χ3v) is 8.26. The van der Waals surface area contributed by atoms with E-state index >= 15 is 0 Å². The second kappa shape index (κ2) is 8.94. The van der Waals surface area contributed by atoms with Crippen LogP contribution in [-0.2, 0) is 5.41 Å². The Morgan fingerprint density at radius 2 is 1.31 bits per heavy atom. The van der Waals surface area contributed by atoms with Gasteiger partial charge in [-0.15, -0.1) is 0 Å². The second-order valence-electron chi connectivity index (χ2n) is 12.5. The van der Waals surface area contributed by atoms with E-state index in [9.17, 15) is 0 Å². The van der Waals surface area contributed by atoms with Gasteiger partial charge >= 0.3 is 0 Å². The molecule has 0 amide bonds. The van der Waals surface area contributed by atoms with Crippen molar-refractivity contribution in [3.05, 3.63) is 121 Å². The van der Waals surface area contributed by atoms with Crippen LogP contribution < -0.4 is 0 Å². The molecule has 3 aromatic heterocycles. The lowest BCUT2D eigenvalue weighted by atomic mass is 9.49. The zero-order chi connectivity index (χ0) is 27.4. The first-order valence-corrected chi connectivity index (χ1v) is 13.7. The van der Waals surface area contributed by atoms with Crippen molar-refractivity contribution in [3.8, 4) is 11.4 Å². The summed E-state index contributed by atoms with van der Waals surface area (Å²) in [6.07, 6.45) is 5.73. The lowest BCUT2D eigenvalue weighted by molar-refractivity contribution is 0.0866. The van der Waals surface area contributed by atoms with Gasteiger partial charge in [-0.25, -0.2) is 4.68 Å². The summed E-state index contributed by atoms with van der Waals surface area (Å²) in [5, 5.41) is 6.96. The lowest BCUT2D eigenvalue weighted by Gasteiger charge is -2.54. The normalized spacial score (nSPS) is 12.9. The standard InChI is InChI=1S/C35H36N4/c1-33(2,3)35(34(4,5)6,32-17-9-10-20-36-32)25-18-19-29-28-15-7-8-16-30(28)39(31(29)23-25)27-14-11-13-26(24-27)38-22-12-21-37-38/h7-24H,1-6H3. The van der Waals surface area contributed by atoms with E-state index < -0.39 is 0 Å². The number of para-hydroxylation sites is 1. The maximum atomic E-state index is 4.99. The average Bonchev–Trinajstić information content (AvgIpc) is 3.55. The van der Waals surface area contributed by atoms with Crippen LogP contribution >= 0.6 is 0 Å². The first-order chi connectivity index (χ1) is 18.6. The molecule has 0 aliphatic carbocycles. The van der Waals surface area contributed by atoms with Crippen LogP contribution in [0.5, 0.6) is 0 Å². The third kappa shape index (κ3) is 3.81. The maximum absolute atomic E-state index is 4.99. The first kappa shape index (κ1) is 25.1. The Balaban J connectivity index is 1.70. The van der Waals surface area contributed by atoms with E-state index in [4.69, 9.17) is 4.98 Å². The molecule has 0 saturated heterocycles. The zero-order valence-electron chi connectivity index (χ0n) is 23.7. The van der Waals surface area contributed by atoms with Gasteiger partial charge < -0.3 is 4.57 Å². The second-order valence-corrected chi connectivity index (χ2v) is 12.5. The van der Waals surface area contributed by atoms with E-state index in [2.05, 4.69) is 130 Å². The SMILES string of the molecule is CC(C)(C)C(c1ccc2c3ccccc3n(-c3cccc(-n4cccn4)c3)c2c1)(c1ccccn1)C(C)(C)C. The first-order valence-electron chi connectivity index (χ1n) is 13.7. The molecule has 0 unspecified atom stereocenters. The van der Waals surface area contributed by atoms with E-state index in [1.54, 1.807) is 0 Å². The fraction of sp³-hybridized carbons (Fsp3) is 0.257. The minimum Gasteiger partial charge on any atom is -0.309 e. The van der Waals surface area contributed by atoms with E-state index in [0.717, 1.165) is 17.1 Å². The number of benzene rings is 3. The Morgan fingerprint density at radius 3 is 2.00 bits per heavy atom. The minimum atomic E-state index is -0.340. The van der Waals surface area contributed by atoms with Crippen molar-refractivity contribution in [2.75, 3.05) is 0 Å². The molecule has 0 spiro atoms. The summed E-state index contributed by atoms with van der Waals surface area (Å²) in [4.78, 5) is 4.99. The van der Waals surface area contributed by atoms with Crippen LogP contribution in [0.1, 0.15) is 52.8 Å². The highest BCUT2D eigenvalue weighted by Crippen LogP contribution is 2.57. The van der Waals surface area contributed by atoms with Crippen molar-refractivity contribution in [3.63, 3.8) is 0 Å². The molecule has 0 saturated carbocycles. The molecule has 0 aliphatic rings. The molecule has 0 N–H and O–H groups in total. The molecule has 196 valence electrons. The highest BCUT2D eigenvalue weighted by Gasteiger charge is 2.54. The predicted molar refractivity (Wildman–Crippen MR) is 162 cm³/mol. The van der Waals surface area contributed by atoms with Crippen LogP contribution in [0.15, 0.2) is 110 Å². The fourth-order valence-corrected chi connectivity index (χ4v) is 7.17. The third-order valence-electron chi connectivity index (χ3n) is 8.26. The van der Waals surface area contributed by atoms with Gasteiger partial charge in [-0.3, -0.25) is 4.98 Å². The van der Waals surface area contributed by atoms with Crippen molar-refractivity contribution in [1.29, 1.82) is 0 Å². The van der Waals surface area contributed by atoms with Crippen molar-refractivity contribution in [1.82, 2.24) is 19.3 Å². The van der Waals surface area contributed by atoms with Crippen molar-refractivity contribution in [2.24, 2.45) is 10.8 Å². The topological polar surface area (TPSA) is 35.6 Å². The van der Waals surface area contributed by atoms with E-state index in [-0.39, 0.29) is 16.2 Å². The molecular weight excluding hydrogens is 476 g/mol. The predicted octanol–water partition coefficient (Wildman–Crippen LogP) is 8.74. The zero-order valence-corrected chi connectivity index (χ0v) is 23.7. The van der Waals surface area contributed by atoms with Crippen LogP contribution in [0.4, 0.5) is 0 Å². The van der Waals surface area contributed by atoms with Crippen LogP contribution in [0, 0.1) is 10.8 Å². The van der Waals surface area contributed by atoms with Gasteiger partial charge in [-0.05, 0) is 64.9 Å². The molecule has 0 radical (unpaired) electrons. The van der Waals surface area contributed by atoms with Gasteiger partial charge in [-0.2, -0.15) is 5.10 Å². The molecule has 0 bridgehead atoms. The summed E-state index contributed by atoms with van der Waals surface area (Å²) >= 11 is 0. The van der Waals surface area contributed by atoms with E-state index in [1.165, 1.54) is 27.4 Å². The van der Waals surface area contributed by atoms with Gasteiger partial charge in [0.25, 0.3) is 0 Å². The van der Waals surface area contributed by atoms with E-state index in [0.29, 0.717) is 0 Å². The van der Waals surface area contributed by atoms with Gasteiger partial charge in [-0.1, -0.05) is 84.0 Å². The Morgan fingerprint density at radius 1 is 0.590 bits per heavy atom. The largest absolute Gasteiger partial charge is 0.309 e. The fourth-order valence-electron chi connectivity index (χ4n) is 7.17. The molecule has 0 atom stereocenters. The maximum Gasteiger partial charge on any atom is 0.0666 e. The summed E-state index contributed by atoms with van der Waals surface area (Å²) in [6.45, 7) is 14.1. The van der Waals surface area contributed by atoms with Gasteiger partial charge in [0.2, 0.25) is 0 Å². The molecule has 6 rings (SSSR count). The summed E-state index contributed by atoms with van der Waals surface area (Å²) in [5.41, 5.74) is 6.36. The van der Waals surface area contributed by atoms with E-state index in [1.807, 2.05) is 35.4 Å². The van der Waals surface area contributed by atoms with Crippen molar-refractivity contribution >= 4 is 21.8 Å². The van der Waals surface area contributed by atoms with Crippen LogP contribution in [0.3, 0.4) is 0 Å². The summed E-state index contributed by atoms with van der Waals surface area (Å²) in [6, 6.07) is 32.6. The highest BCUT2D eigenvalue weighted by atomic mass is 15.3. The van der Waals surface area contributed by atoms with Crippen LogP contribution in [0.25, 0.3) is 33.2 Å². The van der Waals surface area contributed by atoms with Crippen LogP contribution in [-0.4, -0.2) is 19.3 Å². The lowest BCUT2D eigenvalue weighted by Crippen LogP contribution is -2.51. The highest BCUT2D eigenvalue weighted by molar-refractivity contribution is 6.09. The number of fused-ring (bicyclic) bond motifs is 3. The van der Waals surface area contributed by atoms with Crippen molar-refractivity contribution in [2.45, 2.75) is 47.0 Å². The molecule has 4 heteroatoms. The minimum absolute atomic E-state index is 0.107. The van der Waals surface area contributed by atoms with Crippen LogP contribution in [0.2, 0.25) is 0 Å². The molecule has 0 aliphatic heterocycles. The van der Waals surface area contributed by atoms with Gasteiger partial charge in [0.05, 0.1) is 22.4 Å². The van der Waals surface area contributed by atoms with Gasteiger partial charge in [0.1, 0.15) is 0 Å². The average molecular weight is 513 g/mol. The number of nitrogens with zero attached hydrogens (tertiary/aromatic N) is 4. The molecule has 4 nitrogen and oxygen atoms in total. The molecule has 0 fully saturated rings. The summed E-state index contributed by atoms with van der Waals surface area (Å²) < 4.78 is 4.31. The summed E-state index contributed by atoms with van der Waals surface area (Å²) in [7, 11) is 0. The number of pyridine rings is 1. The Hall–Kier alpha value is -4.18. The quantitative estimate of drug-likeness (QED) is 0.237. The summed E-state index contributed by atoms with van der Waals surface area (Å²) in [5.74, 6) is 0.